The van der Waals surface area contributed by atoms with E-state index in [0.29, 0.717) is 0 Å². The van der Waals surface area contributed by atoms with Crippen LogP contribution >= 0.6 is 0 Å². The van der Waals surface area contributed by atoms with Gasteiger partial charge in [0.2, 0.25) is 5.78 Å². The van der Waals surface area contributed by atoms with Gasteiger partial charge < -0.3 is 0 Å². The fourth-order valence-electron chi connectivity index (χ4n) is 0.960. The molecule has 0 atom stereocenters. The van der Waals surface area contributed by atoms with Gasteiger partial charge in [0.1, 0.15) is 6.07 Å². The van der Waals surface area contributed by atoms with Crippen LogP contribution in [0.25, 0.3) is 0 Å². The molecule has 1 rings (SSSR count). The second kappa shape index (κ2) is 4.15. The molecule has 0 aromatic heterocycles. The van der Waals surface area contributed by atoms with E-state index in [-0.39, 0.29) is 16.8 Å². The SMILES string of the molecule is C=C(C#N)C(=O)c1ccc([N+](=O)[O-])cc1. The molecule has 5 nitrogen and oxygen atoms in total. The Bertz CT molecular complexity index is 468. The molecule has 0 fully saturated rings. The number of benzene rings is 1. The van der Waals surface area contributed by atoms with Crippen LogP contribution in [0.3, 0.4) is 0 Å². The van der Waals surface area contributed by atoms with Gasteiger partial charge in [-0.05, 0) is 12.1 Å². The van der Waals surface area contributed by atoms with Crippen LogP contribution in [0.4, 0.5) is 5.69 Å². The van der Waals surface area contributed by atoms with Crippen molar-refractivity contribution in [2.24, 2.45) is 0 Å². The van der Waals surface area contributed by atoms with Crippen LogP contribution < -0.4 is 0 Å². The van der Waals surface area contributed by atoms with Crippen molar-refractivity contribution in [3.63, 3.8) is 0 Å². The standard InChI is InChI=1S/C10H6N2O3/c1-7(6-11)10(13)8-2-4-9(5-3-8)12(14)15/h2-5H,1H2. The maximum Gasteiger partial charge on any atom is 0.269 e. The van der Waals surface area contributed by atoms with Crippen molar-refractivity contribution in [3.8, 4) is 6.07 Å². The van der Waals surface area contributed by atoms with Gasteiger partial charge in [-0.2, -0.15) is 5.26 Å². The number of non-ortho nitro benzene ring substituents is 1. The van der Waals surface area contributed by atoms with E-state index >= 15 is 0 Å². The number of nitro groups is 1. The van der Waals surface area contributed by atoms with Gasteiger partial charge in [0.15, 0.2) is 0 Å². The summed E-state index contributed by atoms with van der Waals surface area (Å²) in [5.74, 6) is -0.521. The molecule has 0 saturated heterocycles. The van der Waals surface area contributed by atoms with Crippen molar-refractivity contribution in [2.45, 2.75) is 0 Å². The number of carbonyl (C=O) groups is 1. The van der Waals surface area contributed by atoms with E-state index in [2.05, 4.69) is 6.58 Å². The number of hydrogen-bond acceptors (Lipinski definition) is 4. The number of nitriles is 1. The van der Waals surface area contributed by atoms with Crippen LogP contribution in [0.5, 0.6) is 0 Å². The number of carbonyl (C=O) groups excluding carboxylic acids is 1. The molecule has 0 bridgehead atoms. The fraction of sp³-hybridized carbons (Fsp3) is 0. The Labute approximate surface area is 85.4 Å². The molecule has 0 saturated carbocycles. The van der Waals surface area contributed by atoms with E-state index < -0.39 is 10.7 Å². The van der Waals surface area contributed by atoms with E-state index in [1.807, 2.05) is 0 Å². The van der Waals surface area contributed by atoms with Crippen LogP contribution in [0.2, 0.25) is 0 Å². The number of nitro benzene ring substituents is 1. The largest absolute Gasteiger partial charge is 0.288 e. The first kappa shape index (κ1) is 10.6. The highest BCUT2D eigenvalue weighted by Crippen LogP contribution is 2.13. The molecule has 5 heteroatoms. The molecule has 0 aliphatic heterocycles. The Balaban J connectivity index is 3.00. The molecule has 0 radical (unpaired) electrons. The van der Waals surface area contributed by atoms with Crippen molar-refractivity contribution in [3.05, 3.63) is 52.1 Å². The lowest BCUT2D eigenvalue weighted by molar-refractivity contribution is -0.384. The number of nitrogens with zero attached hydrogens (tertiary/aromatic N) is 2. The first-order chi connectivity index (χ1) is 7.06. The number of ketones is 1. The third kappa shape index (κ3) is 2.25. The predicted octanol–water partition coefficient (Wildman–Crippen LogP) is 1.86. The summed E-state index contributed by atoms with van der Waals surface area (Å²) >= 11 is 0. The molecule has 0 unspecified atom stereocenters. The predicted molar refractivity (Wildman–Crippen MR) is 52.2 cm³/mol. The molecular formula is C10H6N2O3. The smallest absolute Gasteiger partial charge is 0.269 e. The highest BCUT2D eigenvalue weighted by molar-refractivity contribution is 6.10. The summed E-state index contributed by atoms with van der Waals surface area (Å²) in [6.45, 7) is 3.26. The fourth-order valence-corrected chi connectivity index (χ4v) is 0.960. The van der Waals surface area contributed by atoms with Gasteiger partial charge in [-0.25, -0.2) is 0 Å². The zero-order valence-electron chi connectivity index (χ0n) is 7.64. The lowest BCUT2D eigenvalue weighted by Crippen LogP contribution is -2.00. The van der Waals surface area contributed by atoms with Gasteiger partial charge in [-0.15, -0.1) is 0 Å². The van der Waals surface area contributed by atoms with E-state index in [4.69, 9.17) is 5.26 Å². The monoisotopic (exact) mass is 202 g/mol. The minimum Gasteiger partial charge on any atom is -0.288 e. The maximum absolute atomic E-state index is 11.4. The van der Waals surface area contributed by atoms with E-state index in [9.17, 15) is 14.9 Å². The van der Waals surface area contributed by atoms with Gasteiger partial charge in [-0.3, -0.25) is 14.9 Å². The van der Waals surface area contributed by atoms with Crippen molar-refractivity contribution in [2.75, 3.05) is 0 Å². The summed E-state index contributed by atoms with van der Waals surface area (Å²) in [6.07, 6.45) is 0. The lowest BCUT2D eigenvalue weighted by atomic mass is 10.1. The molecular weight excluding hydrogens is 196 g/mol. The van der Waals surface area contributed by atoms with Crippen molar-refractivity contribution >= 4 is 11.5 Å². The molecule has 0 spiro atoms. The Morgan fingerprint density at radius 2 is 1.93 bits per heavy atom. The van der Waals surface area contributed by atoms with Gasteiger partial charge in [0.05, 0.1) is 10.5 Å². The number of Topliss-reactive ketones (excluding diaryl/α,β-unsaturated/α-hetero) is 1. The molecule has 15 heavy (non-hydrogen) atoms. The van der Waals surface area contributed by atoms with Gasteiger partial charge in [0.25, 0.3) is 5.69 Å². The average Bonchev–Trinajstić information content (AvgIpc) is 2.27. The Hall–Kier alpha value is -2.48. The minimum atomic E-state index is -0.562. The summed E-state index contributed by atoms with van der Waals surface area (Å²) in [5.41, 5.74) is -0.0786. The molecule has 74 valence electrons. The number of allylic oxidation sites excluding steroid dienone is 1. The first-order valence-corrected chi connectivity index (χ1v) is 3.94. The van der Waals surface area contributed by atoms with Crippen molar-refractivity contribution in [1.82, 2.24) is 0 Å². The first-order valence-electron chi connectivity index (χ1n) is 3.94. The molecule has 0 aliphatic carbocycles. The second-order valence-electron chi connectivity index (χ2n) is 2.72. The Morgan fingerprint density at radius 1 is 1.40 bits per heavy atom. The molecule has 0 aliphatic rings. The molecule has 0 amide bonds. The van der Waals surface area contributed by atoms with E-state index in [1.54, 1.807) is 6.07 Å². The third-order valence-corrected chi connectivity index (χ3v) is 1.75. The summed E-state index contributed by atoms with van der Waals surface area (Å²) in [5, 5.41) is 18.8. The van der Waals surface area contributed by atoms with Crippen molar-refractivity contribution < 1.29 is 9.72 Å². The van der Waals surface area contributed by atoms with E-state index in [0.717, 1.165) is 0 Å². The average molecular weight is 202 g/mol. The van der Waals surface area contributed by atoms with E-state index in [1.165, 1.54) is 24.3 Å². The highest BCUT2D eigenvalue weighted by atomic mass is 16.6. The quantitative estimate of drug-likeness (QED) is 0.246. The number of rotatable bonds is 3. The van der Waals surface area contributed by atoms with Crippen LogP contribution in [-0.2, 0) is 0 Å². The van der Waals surface area contributed by atoms with Gasteiger partial charge in [0, 0.05) is 17.7 Å². The van der Waals surface area contributed by atoms with Crippen LogP contribution in [0.1, 0.15) is 10.4 Å². The molecule has 1 aromatic carbocycles. The highest BCUT2D eigenvalue weighted by Gasteiger charge is 2.11. The van der Waals surface area contributed by atoms with Crippen LogP contribution in [-0.4, -0.2) is 10.7 Å². The minimum absolute atomic E-state index is 0.103. The molecule has 1 aromatic rings. The molecule has 0 N–H and O–H groups in total. The zero-order chi connectivity index (χ0) is 11.4. The summed E-state index contributed by atoms with van der Waals surface area (Å²) in [6, 6.07) is 6.62. The van der Waals surface area contributed by atoms with Crippen LogP contribution in [0.15, 0.2) is 36.4 Å². The summed E-state index contributed by atoms with van der Waals surface area (Å²) in [7, 11) is 0. The summed E-state index contributed by atoms with van der Waals surface area (Å²) < 4.78 is 0. The Morgan fingerprint density at radius 3 is 2.33 bits per heavy atom. The number of hydrogen-bond donors (Lipinski definition) is 0. The zero-order valence-corrected chi connectivity index (χ0v) is 7.64. The normalized spacial score (nSPS) is 9.00. The molecule has 0 heterocycles. The second-order valence-corrected chi connectivity index (χ2v) is 2.72. The summed E-state index contributed by atoms with van der Waals surface area (Å²) in [4.78, 5) is 21.1. The maximum atomic E-state index is 11.4. The third-order valence-electron chi connectivity index (χ3n) is 1.75. The van der Waals surface area contributed by atoms with Gasteiger partial charge >= 0.3 is 0 Å². The topological polar surface area (TPSA) is 84.0 Å². The van der Waals surface area contributed by atoms with Crippen LogP contribution in [0, 0.1) is 21.4 Å². The Kier molecular flexibility index (Phi) is 2.94. The van der Waals surface area contributed by atoms with Gasteiger partial charge in [-0.1, -0.05) is 6.58 Å². The lowest BCUT2D eigenvalue weighted by Gasteiger charge is -1.96. The van der Waals surface area contributed by atoms with Crippen molar-refractivity contribution in [1.29, 1.82) is 5.26 Å².